The van der Waals surface area contributed by atoms with Crippen LogP contribution in [0.4, 0.5) is 9.59 Å². The van der Waals surface area contributed by atoms with Crippen molar-refractivity contribution in [3.8, 4) is 0 Å². The first-order valence-corrected chi connectivity index (χ1v) is 16.4. The average molecular weight is 519 g/mol. The van der Waals surface area contributed by atoms with Crippen molar-refractivity contribution in [1.82, 2.24) is 20.8 Å². The van der Waals surface area contributed by atoms with Crippen LogP contribution in [-0.4, -0.2) is 49.2 Å². The fraction of sp³-hybridized carbons (Fsp3) is 0.615. The molecule has 0 aliphatic rings. The van der Waals surface area contributed by atoms with Gasteiger partial charge in [0.15, 0.2) is 5.82 Å². The van der Waals surface area contributed by atoms with E-state index in [1.165, 1.54) is 5.56 Å². The molecule has 0 bridgehead atoms. The summed E-state index contributed by atoms with van der Waals surface area (Å²) in [6.45, 7) is 13.1. The van der Waals surface area contributed by atoms with Gasteiger partial charge in [-0.05, 0) is 58.1 Å². The molecule has 200 valence electrons. The highest BCUT2D eigenvalue weighted by Crippen LogP contribution is 2.20. The monoisotopic (exact) mass is 518 g/mol. The van der Waals surface area contributed by atoms with Crippen LogP contribution in [0.3, 0.4) is 0 Å². The van der Waals surface area contributed by atoms with E-state index >= 15 is 0 Å². The van der Waals surface area contributed by atoms with Crippen LogP contribution < -0.4 is 10.6 Å². The Morgan fingerprint density at radius 2 is 1.78 bits per heavy atom. The Balaban J connectivity index is 1.85. The minimum Gasteiger partial charge on any atom is -0.450 e. The Hall–Kier alpha value is -2.88. The average Bonchev–Trinajstić information content (AvgIpc) is 3.24. The minimum atomic E-state index is -1.23. The highest BCUT2D eigenvalue weighted by molar-refractivity contribution is 6.76. The molecule has 2 aromatic rings. The molecule has 0 saturated heterocycles. The van der Waals surface area contributed by atoms with Gasteiger partial charge in [-0.2, -0.15) is 4.98 Å². The molecule has 0 unspecified atom stereocenters. The molecule has 36 heavy (non-hydrogen) atoms. The number of hydrogen-bond donors (Lipinski definition) is 2. The number of nitrogens with one attached hydrogen (secondary N) is 2. The number of unbranched alkanes of at least 4 members (excludes halogenated alkanes) is 1. The fourth-order valence-electron chi connectivity index (χ4n) is 3.28. The molecule has 0 aliphatic carbocycles. The summed E-state index contributed by atoms with van der Waals surface area (Å²) in [5.74, 6) is 0.940. The van der Waals surface area contributed by atoms with E-state index < -0.39 is 31.9 Å². The first-order chi connectivity index (χ1) is 16.9. The van der Waals surface area contributed by atoms with Crippen LogP contribution in [0.1, 0.15) is 63.4 Å². The molecule has 1 atom stereocenters. The molecule has 10 heteroatoms. The van der Waals surface area contributed by atoms with Crippen molar-refractivity contribution in [3.05, 3.63) is 47.6 Å². The van der Waals surface area contributed by atoms with Gasteiger partial charge in [0, 0.05) is 21.0 Å². The number of alkyl carbamates (subject to hydrolysis) is 2. The number of aromatic nitrogens is 2. The molecule has 0 spiro atoms. The Labute approximate surface area is 215 Å². The highest BCUT2D eigenvalue weighted by Gasteiger charge is 2.24. The molecule has 1 aromatic heterocycles. The summed E-state index contributed by atoms with van der Waals surface area (Å²) in [7, 11) is -1.23. The van der Waals surface area contributed by atoms with E-state index in [0.717, 1.165) is 18.9 Å². The summed E-state index contributed by atoms with van der Waals surface area (Å²) in [4.78, 5) is 28.8. The van der Waals surface area contributed by atoms with Crippen molar-refractivity contribution in [2.45, 2.75) is 90.2 Å². The number of rotatable bonds is 13. The molecule has 9 nitrogen and oxygen atoms in total. The van der Waals surface area contributed by atoms with Gasteiger partial charge < -0.3 is 24.6 Å². The topological polar surface area (TPSA) is 116 Å². The largest absolute Gasteiger partial charge is 0.450 e. The van der Waals surface area contributed by atoms with Crippen molar-refractivity contribution in [2.75, 3.05) is 13.2 Å². The fourth-order valence-corrected chi connectivity index (χ4v) is 4.00. The van der Waals surface area contributed by atoms with Gasteiger partial charge in [0.1, 0.15) is 11.6 Å². The number of hydrogen-bond acceptors (Lipinski definition) is 7. The molecule has 2 rings (SSSR count). The molecule has 0 fully saturated rings. The predicted molar refractivity (Wildman–Crippen MR) is 142 cm³/mol. The summed E-state index contributed by atoms with van der Waals surface area (Å²) in [6, 6.07) is 10.6. The van der Waals surface area contributed by atoms with E-state index in [1.807, 2.05) is 39.0 Å². The maximum atomic E-state index is 12.4. The molecule has 0 aliphatic heterocycles. The van der Waals surface area contributed by atoms with Crippen LogP contribution in [0.15, 0.2) is 34.9 Å². The standard InChI is InChI=1S/C26H42N4O5Si/c1-26(2,3)34-25(32)28-21(14-10-11-17-27-24(31)33-18-19-36(4,5)6)23-29-22(30-35-23)16-15-20-12-8-7-9-13-20/h7-9,12-13,21H,10-11,14-19H2,1-6H3,(H,27,31)(H,28,32)/t21-/m0/s1. The summed E-state index contributed by atoms with van der Waals surface area (Å²) >= 11 is 0. The maximum absolute atomic E-state index is 12.4. The third-order valence-corrected chi connectivity index (χ3v) is 6.93. The lowest BCUT2D eigenvalue weighted by Gasteiger charge is -2.22. The van der Waals surface area contributed by atoms with Crippen LogP contribution in [0.2, 0.25) is 25.7 Å². The van der Waals surface area contributed by atoms with Crippen molar-refractivity contribution in [2.24, 2.45) is 0 Å². The molecule has 1 heterocycles. The number of amides is 2. The number of carbonyl (C=O) groups is 2. The summed E-state index contributed by atoms with van der Waals surface area (Å²) < 4.78 is 16.2. The zero-order chi connectivity index (χ0) is 26.6. The number of ether oxygens (including phenoxy) is 2. The van der Waals surface area contributed by atoms with Crippen LogP contribution in [0, 0.1) is 0 Å². The van der Waals surface area contributed by atoms with E-state index in [2.05, 4.69) is 52.5 Å². The zero-order valence-corrected chi connectivity index (χ0v) is 23.6. The van der Waals surface area contributed by atoms with E-state index in [4.69, 9.17) is 14.0 Å². The smallest absolute Gasteiger partial charge is 0.408 e. The van der Waals surface area contributed by atoms with E-state index in [0.29, 0.717) is 44.1 Å². The molecule has 1 aromatic carbocycles. The third kappa shape index (κ3) is 12.7. The Kier molecular flexibility index (Phi) is 11.4. The molecular weight excluding hydrogens is 476 g/mol. The Morgan fingerprint density at radius 1 is 1.06 bits per heavy atom. The van der Waals surface area contributed by atoms with Gasteiger partial charge in [-0.3, -0.25) is 0 Å². The van der Waals surface area contributed by atoms with Crippen molar-refractivity contribution in [3.63, 3.8) is 0 Å². The Bertz CT molecular complexity index is 938. The zero-order valence-electron chi connectivity index (χ0n) is 22.6. The van der Waals surface area contributed by atoms with Crippen molar-refractivity contribution >= 4 is 20.3 Å². The lowest BCUT2D eigenvalue weighted by molar-refractivity contribution is 0.0490. The van der Waals surface area contributed by atoms with Gasteiger partial charge in [0.25, 0.3) is 0 Å². The first-order valence-electron chi connectivity index (χ1n) is 12.7. The van der Waals surface area contributed by atoms with Gasteiger partial charge in [-0.1, -0.05) is 55.1 Å². The maximum Gasteiger partial charge on any atom is 0.408 e. The predicted octanol–water partition coefficient (Wildman–Crippen LogP) is 5.66. The van der Waals surface area contributed by atoms with Crippen LogP contribution in [-0.2, 0) is 22.3 Å². The van der Waals surface area contributed by atoms with E-state index in [-0.39, 0.29) is 0 Å². The van der Waals surface area contributed by atoms with E-state index in [1.54, 1.807) is 0 Å². The van der Waals surface area contributed by atoms with Crippen molar-refractivity contribution < 1.29 is 23.6 Å². The summed E-state index contributed by atoms with van der Waals surface area (Å²) in [6.07, 6.45) is 2.49. The lowest BCUT2D eigenvalue weighted by Crippen LogP contribution is -2.35. The van der Waals surface area contributed by atoms with Crippen LogP contribution in [0.5, 0.6) is 0 Å². The quantitative estimate of drug-likeness (QED) is 0.260. The van der Waals surface area contributed by atoms with E-state index in [9.17, 15) is 9.59 Å². The van der Waals surface area contributed by atoms with Gasteiger partial charge in [-0.25, -0.2) is 9.59 Å². The minimum absolute atomic E-state index is 0.350. The molecule has 0 saturated carbocycles. The SMILES string of the molecule is CC(C)(C)OC(=O)N[C@@H](CCCCNC(=O)OCC[Si](C)(C)C)c1nc(CCc2ccccc2)no1. The van der Waals surface area contributed by atoms with Crippen LogP contribution in [0.25, 0.3) is 0 Å². The van der Waals surface area contributed by atoms with Gasteiger partial charge in [0.05, 0.1) is 6.61 Å². The summed E-state index contributed by atoms with van der Waals surface area (Å²) in [5.41, 5.74) is 0.572. The normalized spacial score (nSPS) is 12.6. The molecule has 2 amide bonds. The second kappa shape index (κ2) is 14.0. The molecule has 2 N–H and O–H groups in total. The lowest BCUT2D eigenvalue weighted by atomic mass is 10.1. The molecular formula is C26H42N4O5Si. The van der Waals surface area contributed by atoms with Gasteiger partial charge in [0.2, 0.25) is 5.89 Å². The number of nitrogens with zero attached hydrogens (tertiary/aromatic N) is 2. The second-order valence-corrected chi connectivity index (χ2v) is 16.7. The number of aryl methyl sites for hydroxylation is 2. The molecule has 0 radical (unpaired) electrons. The highest BCUT2D eigenvalue weighted by atomic mass is 28.3. The summed E-state index contributed by atoms with van der Waals surface area (Å²) in [5, 5.41) is 9.73. The first kappa shape index (κ1) is 29.3. The van der Waals surface area contributed by atoms with Crippen molar-refractivity contribution in [1.29, 1.82) is 0 Å². The van der Waals surface area contributed by atoms with Gasteiger partial charge >= 0.3 is 12.2 Å². The number of benzene rings is 1. The third-order valence-electron chi connectivity index (χ3n) is 5.23. The van der Waals surface area contributed by atoms with Crippen LogP contribution >= 0.6 is 0 Å². The van der Waals surface area contributed by atoms with Gasteiger partial charge in [-0.15, -0.1) is 0 Å². The second-order valence-electron chi connectivity index (χ2n) is 11.1. The number of carbonyl (C=O) groups excluding carboxylic acids is 2. The Morgan fingerprint density at radius 3 is 2.44 bits per heavy atom.